The molecule has 208 valence electrons. The largest absolute Gasteiger partial charge is 0.463 e. The Morgan fingerprint density at radius 1 is 0.722 bits per heavy atom. The summed E-state index contributed by atoms with van der Waals surface area (Å²) < 4.78 is 27.9. The van der Waals surface area contributed by atoms with Gasteiger partial charge in [0.1, 0.15) is 18.8 Å². The van der Waals surface area contributed by atoms with Crippen molar-refractivity contribution in [3.05, 3.63) is 0 Å². The highest BCUT2D eigenvalue weighted by Gasteiger charge is 2.51. The standard InChI is InChI=1S/C26H45NO9/c1-6-7-8-9-10-11-12-13-14-15-16-32-26-23(27-18(2)28)25(35-21(5)31)24(34-20(4)30)22(36-26)17-33-19(3)29/h22-26H,6-17H2,1-5H3,(H,27,28)/t22-,23+,24+,25-,26-/m0/s1. The number of unbranched alkanes of at least 4 members (excludes halogenated alkanes) is 9. The Labute approximate surface area is 215 Å². The summed E-state index contributed by atoms with van der Waals surface area (Å²) in [7, 11) is 0. The zero-order valence-corrected chi connectivity index (χ0v) is 22.5. The molecule has 0 unspecified atom stereocenters. The Morgan fingerprint density at radius 3 is 1.75 bits per heavy atom. The van der Waals surface area contributed by atoms with Gasteiger partial charge < -0.3 is 29.0 Å². The van der Waals surface area contributed by atoms with E-state index in [9.17, 15) is 19.2 Å². The van der Waals surface area contributed by atoms with Crippen molar-refractivity contribution in [1.82, 2.24) is 5.32 Å². The lowest BCUT2D eigenvalue weighted by Crippen LogP contribution is -2.66. The van der Waals surface area contributed by atoms with E-state index in [-0.39, 0.29) is 6.61 Å². The molecule has 1 fully saturated rings. The fourth-order valence-corrected chi connectivity index (χ4v) is 4.22. The zero-order valence-electron chi connectivity index (χ0n) is 22.5. The van der Waals surface area contributed by atoms with Gasteiger partial charge in [-0.1, -0.05) is 64.7 Å². The maximum absolute atomic E-state index is 11.9. The van der Waals surface area contributed by atoms with Crippen LogP contribution < -0.4 is 5.32 Å². The number of ether oxygens (including phenoxy) is 5. The molecular weight excluding hydrogens is 470 g/mol. The number of carbonyl (C=O) groups excluding carboxylic acids is 4. The summed E-state index contributed by atoms with van der Waals surface area (Å²) >= 11 is 0. The van der Waals surface area contributed by atoms with Crippen LogP contribution in [0, 0.1) is 0 Å². The normalized spacial score (nSPS) is 23.5. The molecule has 0 aromatic rings. The number of amides is 1. The second-order valence-corrected chi connectivity index (χ2v) is 9.27. The molecule has 1 saturated heterocycles. The first-order valence-corrected chi connectivity index (χ1v) is 13.2. The lowest BCUT2D eigenvalue weighted by molar-refractivity contribution is -0.277. The summed E-state index contributed by atoms with van der Waals surface area (Å²) in [6.45, 7) is 7.31. The minimum Gasteiger partial charge on any atom is -0.463 e. The molecule has 0 radical (unpaired) electrons. The third kappa shape index (κ3) is 13.2. The van der Waals surface area contributed by atoms with Crippen molar-refractivity contribution >= 4 is 23.8 Å². The second-order valence-electron chi connectivity index (χ2n) is 9.27. The van der Waals surface area contributed by atoms with Crippen LogP contribution in [0.3, 0.4) is 0 Å². The maximum Gasteiger partial charge on any atom is 0.303 e. The van der Waals surface area contributed by atoms with Gasteiger partial charge >= 0.3 is 17.9 Å². The van der Waals surface area contributed by atoms with Crippen LogP contribution in [0.4, 0.5) is 0 Å². The fourth-order valence-electron chi connectivity index (χ4n) is 4.22. The molecule has 0 saturated carbocycles. The quantitative estimate of drug-likeness (QED) is 0.176. The third-order valence-electron chi connectivity index (χ3n) is 5.85. The van der Waals surface area contributed by atoms with Gasteiger partial charge in [-0.05, 0) is 6.42 Å². The fraction of sp³-hybridized carbons (Fsp3) is 0.846. The van der Waals surface area contributed by atoms with Gasteiger partial charge in [0.15, 0.2) is 18.5 Å². The molecular formula is C26H45NO9. The first kappa shape index (κ1) is 31.8. The van der Waals surface area contributed by atoms with E-state index >= 15 is 0 Å². The average Bonchev–Trinajstić information content (AvgIpc) is 2.78. The monoisotopic (exact) mass is 515 g/mol. The average molecular weight is 516 g/mol. The molecule has 1 aliphatic rings. The predicted molar refractivity (Wildman–Crippen MR) is 132 cm³/mol. The molecule has 36 heavy (non-hydrogen) atoms. The maximum atomic E-state index is 11.9. The van der Waals surface area contributed by atoms with E-state index in [2.05, 4.69) is 12.2 Å². The SMILES string of the molecule is CCCCCCCCCCCCO[C@H]1O[C@@H](COC(C)=O)[C@@H](OC(C)=O)[C@@H](OC(C)=O)[C@H]1NC(C)=O. The van der Waals surface area contributed by atoms with Crippen molar-refractivity contribution in [2.45, 2.75) is 129 Å². The molecule has 1 N–H and O–H groups in total. The van der Waals surface area contributed by atoms with Crippen molar-refractivity contribution in [2.75, 3.05) is 13.2 Å². The van der Waals surface area contributed by atoms with Gasteiger partial charge in [0.25, 0.3) is 0 Å². The Hall–Kier alpha value is -2.20. The summed E-state index contributed by atoms with van der Waals surface area (Å²) in [6.07, 6.45) is 7.60. The molecule has 1 heterocycles. The van der Waals surface area contributed by atoms with Crippen LogP contribution in [0.15, 0.2) is 0 Å². The van der Waals surface area contributed by atoms with E-state index in [1.54, 1.807) is 0 Å². The van der Waals surface area contributed by atoms with Crippen LogP contribution in [-0.4, -0.2) is 67.7 Å². The minimum absolute atomic E-state index is 0.240. The number of rotatable bonds is 17. The van der Waals surface area contributed by atoms with Crippen LogP contribution in [0.5, 0.6) is 0 Å². The van der Waals surface area contributed by atoms with Crippen LogP contribution in [0.1, 0.15) is 98.8 Å². The Kier molecular flexibility index (Phi) is 16.0. The van der Waals surface area contributed by atoms with E-state index in [1.165, 1.54) is 72.6 Å². The van der Waals surface area contributed by atoms with E-state index in [0.29, 0.717) is 6.61 Å². The summed E-state index contributed by atoms with van der Waals surface area (Å²) in [5.41, 5.74) is 0. The molecule has 0 aromatic heterocycles. The Balaban J connectivity index is 2.77. The van der Waals surface area contributed by atoms with Gasteiger partial charge in [0, 0.05) is 34.3 Å². The molecule has 1 amide bonds. The van der Waals surface area contributed by atoms with E-state index in [1.807, 2.05) is 0 Å². The van der Waals surface area contributed by atoms with Gasteiger partial charge in [-0.25, -0.2) is 0 Å². The molecule has 5 atom stereocenters. The van der Waals surface area contributed by atoms with Crippen molar-refractivity contribution in [2.24, 2.45) is 0 Å². The van der Waals surface area contributed by atoms with Crippen LogP contribution in [-0.2, 0) is 42.9 Å². The zero-order chi connectivity index (χ0) is 26.9. The smallest absolute Gasteiger partial charge is 0.303 e. The molecule has 0 spiro atoms. The minimum atomic E-state index is -1.11. The Bertz CT molecular complexity index is 684. The highest BCUT2D eigenvalue weighted by molar-refractivity contribution is 5.73. The Morgan fingerprint density at radius 2 is 1.25 bits per heavy atom. The number of esters is 3. The summed E-state index contributed by atoms with van der Waals surface area (Å²) in [5, 5.41) is 2.70. The predicted octanol–water partition coefficient (Wildman–Crippen LogP) is 3.58. The van der Waals surface area contributed by atoms with Crippen molar-refractivity contribution in [1.29, 1.82) is 0 Å². The van der Waals surface area contributed by atoms with Gasteiger partial charge in [0.2, 0.25) is 5.91 Å². The number of nitrogens with one attached hydrogen (secondary N) is 1. The number of hydrogen-bond donors (Lipinski definition) is 1. The van der Waals surface area contributed by atoms with Crippen molar-refractivity contribution in [3.8, 4) is 0 Å². The van der Waals surface area contributed by atoms with E-state index < -0.39 is 54.5 Å². The molecule has 0 aromatic carbocycles. The lowest BCUT2D eigenvalue weighted by atomic mass is 9.96. The van der Waals surface area contributed by atoms with Gasteiger partial charge in [-0.15, -0.1) is 0 Å². The van der Waals surface area contributed by atoms with Crippen LogP contribution in [0.2, 0.25) is 0 Å². The van der Waals surface area contributed by atoms with E-state index in [0.717, 1.165) is 19.3 Å². The molecule has 0 aliphatic carbocycles. The van der Waals surface area contributed by atoms with Gasteiger partial charge in [-0.2, -0.15) is 0 Å². The molecule has 10 heteroatoms. The first-order valence-electron chi connectivity index (χ1n) is 13.2. The summed E-state index contributed by atoms with van der Waals surface area (Å²) in [5.74, 6) is -2.21. The molecule has 10 nitrogen and oxygen atoms in total. The molecule has 0 bridgehead atoms. The topological polar surface area (TPSA) is 126 Å². The van der Waals surface area contributed by atoms with Crippen LogP contribution in [0.25, 0.3) is 0 Å². The first-order chi connectivity index (χ1) is 17.1. The van der Waals surface area contributed by atoms with Crippen molar-refractivity contribution < 1.29 is 42.9 Å². The van der Waals surface area contributed by atoms with Crippen LogP contribution >= 0.6 is 0 Å². The van der Waals surface area contributed by atoms with Crippen molar-refractivity contribution in [3.63, 3.8) is 0 Å². The van der Waals surface area contributed by atoms with E-state index in [4.69, 9.17) is 23.7 Å². The third-order valence-corrected chi connectivity index (χ3v) is 5.85. The van der Waals surface area contributed by atoms with Gasteiger partial charge in [0.05, 0.1) is 0 Å². The lowest BCUT2D eigenvalue weighted by Gasteiger charge is -2.44. The molecule has 1 aliphatic heterocycles. The molecule has 1 rings (SSSR count). The van der Waals surface area contributed by atoms with Gasteiger partial charge in [-0.3, -0.25) is 19.2 Å². The second kappa shape index (κ2) is 18.1. The highest BCUT2D eigenvalue weighted by Crippen LogP contribution is 2.28. The number of carbonyl (C=O) groups is 4. The summed E-state index contributed by atoms with van der Waals surface area (Å²) in [4.78, 5) is 47.0. The summed E-state index contributed by atoms with van der Waals surface area (Å²) in [6, 6.07) is -0.924. The highest BCUT2D eigenvalue weighted by atomic mass is 16.7. The number of hydrogen-bond acceptors (Lipinski definition) is 9.